The van der Waals surface area contributed by atoms with E-state index in [4.69, 9.17) is 5.11 Å². The van der Waals surface area contributed by atoms with Gasteiger partial charge in [-0.3, -0.25) is 0 Å². The Morgan fingerprint density at radius 3 is 2.72 bits per heavy atom. The van der Waals surface area contributed by atoms with E-state index >= 15 is 0 Å². The first-order valence-corrected chi connectivity index (χ1v) is 6.69. The Morgan fingerprint density at radius 2 is 2.06 bits per heavy atom. The zero-order chi connectivity index (χ0) is 13.1. The number of aromatic carboxylic acids is 1. The molecule has 0 spiro atoms. The molecule has 0 saturated carbocycles. The predicted octanol–water partition coefficient (Wildman–Crippen LogP) is 3.08. The van der Waals surface area contributed by atoms with Gasteiger partial charge in [0.05, 0.1) is 5.52 Å². The lowest BCUT2D eigenvalue weighted by Gasteiger charge is -2.07. The average molecular weight is 262 g/mol. The van der Waals surface area contributed by atoms with Crippen molar-refractivity contribution >= 4 is 28.6 Å². The third kappa shape index (κ3) is 2.79. The summed E-state index contributed by atoms with van der Waals surface area (Å²) < 4.78 is 0. The van der Waals surface area contributed by atoms with Gasteiger partial charge in [0.2, 0.25) is 5.82 Å². The SMILES string of the molecule is CC(C)CSc1nc(C(=O)O)nc2ccccc12. The lowest BCUT2D eigenvalue weighted by atomic mass is 10.2. The van der Waals surface area contributed by atoms with E-state index in [2.05, 4.69) is 23.8 Å². The Balaban J connectivity index is 2.50. The fraction of sp³-hybridized carbons (Fsp3) is 0.308. The second-order valence-corrected chi connectivity index (χ2v) is 5.39. The van der Waals surface area contributed by atoms with Gasteiger partial charge in [-0.05, 0) is 12.0 Å². The molecule has 0 aliphatic rings. The Kier molecular flexibility index (Phi) is 3.81. The van der Waals surface area contributed by atoms with E-state index < -0.39 is 5.97 Å². The van der Waals surface area contributed by atoms with Crippen LogP contribution >= 0.6 is 11.8 Å². The Labute approximate surface area is 109 Å². The van der Waals surface area contributed by atoms with E-state index in [0.29, 0.717) is 11.4 Å². The van der Waals surface area contributed by atoms with E-state index in [1.165, 1.54) is 0 Å². The molecule has 0 saturated heterocycles. The molecule has 1 aromatic carbocycles. The molecule has 0 aliphatic heterocycles. The summed E-state index contributed by atoms with van der Waals surface area (Å²) in [5.41, 5.74) is 0.677. The van der Waals surface area contributed by atoms with E-state index in [1.54, 1.807) is 11.8 Å². The van der Waals surface area contributed by atoms with Gasteiger partial charge in [0.1, 0.15) is 5.03 Å². The summed E-state index contributed by atoms with van der Waals surface area (Å²) in [6.45, 7) is 4.24. The molecule has 18 heavy (non-hydrogen) atoms. The van der Waals surface area contributed by atoms with Gasteiger partial charge in [0, 0.05) is 11.1 Å². The van der Waals surface area contributed by atoms with Gasteiger partial charge in [0.15, 0.2) is 0 Å². The lowest BCUT2D eigenvalue weighted by Crippen LogP contribution is -2.06. The highest BCUT2D eigenvalue weighted by Gasteiger charge is 2.13. The molecule has 1 heterocycles. The number of rotatable bonds is 4. The van der Waals surface area contributed by atoms with Crippen molar-refractivity contribution in [3.63, 3.8) is 0 Å². The van der Waals surface area contributed by atoms with Crippen molar-refractivity contribution in [2.75, 3.05) is 5.75 Å². The first kappa shape index (κ1) is 12.8. The minimum absolute atomic E-state index is 0.139. The normalized spacial score (nSPS) is 11.1. The molecule has 0 aliphatic carbocycles. The minimum Gasteiger partial charge on any atom is -0.475 e. The van der Waals surface area contributed by atoms with Crippen molar-refractivity contribution < 1.29 is 9.90 Å². The third-order valence-electron chi connectivity index (χ3n) is 2.31. The number of nitrogens with zero attached hydrogens (tertiary/aromatic N) is 2. The second kappa shape index (κ2) is 5.35. The van der Waals surface area contributed by atoms with Crippen LogP contribution in [-0.2, 0) is 0 Å². The van der Waals surface area contributed by atoms with Crippen LogP contribution in [0.2, 0.25) is 0 Å². The van der Waals surface area contributed by atoms with E-state index in [1.807, 2.05) is 24.3 Å². The van der Waals surface area contributed by atoms with Crippen molar-refractivity contribution in [3.8, 4) is 0 Å². The molecule has 2 rings (SSSR count). The number of hydrogen-bond acceptors (Lipinski definition) is 4. The molecular weight excluding hydrogens is 248 g/mol. The Bertz CT molecular complexity index is 584. The lowest BCUT2D eigenvalue weighted by molar-refractivity contribution is 0.0683. The van der Waals surface area contributed by atoms with Gasteiger partial charge in [-0.25, -0.2) is 14.8 Å². The summed E-state index contributed by atoms with van der Waals surface area (Å²) >= 11 is 1.58. The number of hydrogen-bond donors (Lipinski definition) is 1. The molecule has 0 fully saturated rings. The Morgan fingerprint density at radius 1 is 1.33 bits per heavy atom. The molecule has 0 bridgehead atoms. The summed E-state index contributed by atoms with van der Waals surface area (Å²) in [6.07, 6.45) is 0. The van der Waals surface area contributed by atoms with Gasteiger partial charge < -0.3 is 5.11 Å². The van der Waals surface area contributed by atoms with Crippen LogP contribution in [0.3, 0.4) is 0 Å². The zero-order valence-electron chi connectivity index (χ0n) is 10.3. The van der Waals surface area contributed by atoms with Crippen LogP contribution in [0.4, 0.5) is 0 Å². The van der Waals surface area contributed by atoms with Crippen LogP contribution in [0.1, 0.15) is 24.5 Å². The maximum absolute atomic E-state index is 11.0. The van der Waals surface area contributed by atoms with Crippen molar-refractivity contribution in [2.24, 2.45) is 5.92 Å². The van der Waals surface area contributed by atoms with Crippen LogP contribution < -0.4 is 0 Å². The van der Waals surface area contributed by atoms with Crippen molar-refractivity contribution in [3.05, 3.63) is 30.1 Å². The first-order chi connectivity index (χ1) is 8.58. The average Bonchev–Trinajstić information content (AvgIpc) is 2.35. The fourth-order valence-electron chi connectivity index (χ4n) is 1.50. The van der Waals surface area contributed by atoms with Crippen molar-refractivity contribution in [2.45, 2.75) is 18.9 Å². The summed E-state index contributed by atoms with van der Waals surface area (Å²) in [4.78, 5) is 19.2. The molecule has 0 atom stereocenters. The summed E-state index contributed by atoms with van der Waals surface area (Å²) in [7, 11) is 0. The first-order valence-electron chi connectivity index (χ1n) is 5.71. The fourth-order valence-corrected chi connectivity index (χ4v) is 2.47. The quantitative estimate of drug-likeness (QED) is 0.677. The number of carbonyl (C=O) groups is 1. The molecular formula is C13H14N2O2S. The highest BCUT2D eigenvalue weighted by Crippen LogP contribution is 2.26. The number of thioether (sulfide) groups is 1. The molecule has 2 aromatic rings. The van der Waals surface area contributed by atoms with Gasteiger partial charge >= 0.3 is 5.97 Å². The van der Waals surface area contributed by atoms with Gasteiger partial charge in [-0.15, -0.1) is 11.8 Å². The Hall–Kier alpha value is -1.62. The monoisotopic (exact) mass is 262 g/mol. The van der Waals surface area contributed by atoms with Gasteiger partial charge in [-0.2, -0.15) is 0 Å². The third-order valence-corrected chi connectivity index (χ3v) is 3.73. The number of carboxylic acids is 1. The van der Waals surface area contributed by atoms with Crippen LogP contribution in [0.15, 0.2) is 29.3 Å². The highest BCUT2D eigenvalue weighted by molar-refractivity contribution is 7.99. The number of aromatic nitrogens is 2. The molecule has 1 aromatic heterocycles. The maximum Gasteiger partial charge on any atom is 0.373 e. The van der Waals surface area contributed by atoms with Crippen molar-refractivity contribution in [1.29, 1.82) is 0 Å². The van der Waals surface area contributed by atoms with E-state index in [-0.39, 0.29) is 5.82 Å². The van der Waals surface area contributed by atoms with Crippen LogP contribution in [0.25, 0.3) is 10.9 Å². The molecule has 94 valence electrons. The van der Waals surface area contributed by atoms with Crippen LogP contribution in [0.5, 0.6) is 0 Å². The van der Waals surface area contributed by atoms with Gasteiger partial charge in [-0.1, -0.05) is 32.0 Å². The summed E-state index contributed by atoms with van der Waals surface area (Å²) in [6, 6.07) is 7.48. The predicted molar refractivity (Wildman–Crippen MR) is 72.1 cm³/mol. The van der Waals surface area contributed by atoms with Crippen LogP contribution in [-0.4, -0.2) is 26.8 Å². The molecule has 0 amide bonds. The van der Waals surface area contributed by atoms with Crippen molar-refractivity contribution in [1.82, 2.24) is 9.97 Å². The maximum atomic E-state index is 11.0. The topological polar surface area (TPSA) is 63.1 Å². The standard InChI is InChI=1S/C13H14N2O2S/c1-8(2)7-18-12-9-5-3-4-6-10(9)14-11(15-12)13(16)17/h3-6,8H,7H2,1-2H3,(H,16,17). The number of carboxylic acid groups (broad SMARTS) is 1. The molecule has 1 N–H and O–H groups in total. The van der Waals surface area contributed by atoms with Crippen LogP contribution in [0, 0.1) is 5.92 Å². The number of para-hydroxylation sites is 1. The summed E-state index contributed by atoms with van der Waals surface area (Å²) in [5.74, 6) is 0.198. The summed E-state index contributed by atoms with van der Waals surface area (Å²) in [5, 5.41) is 10.7. The zero-order valence-corrected chi connectivity index (χ0v) is 11.1. The number of fused-ring (bicyclic) bond motifs is 1. The molecule has 4 nitrogen and oxygen atoms in total. The molecule has 5 heteroatoms. The van der Waals surface area contributed by atoms with E-state index in [0.717, 1.165) is 16.2 Å². The molecule has 0 unspecified atom stereocenters. The molecule has 0 radical (unpaired) electrons. The van der Waals surface area contributed by atoms with Gasteiger partial charge in [0.25, 0.3) is 0 Å². The highest BCUT2D eigenvalue weighted by atomic mass is 32.2. The second-order valence-electron chi connectivity index (χ2n) is 4.38. The largest absolute Gasteiger partial charge is 0.475 e. The smallest absolute Gasteiger partial charge is 0.373 e. The van der Waals surface area contributed by atoms with E-state index in [9.17, 15) is 4.79 Å². The minimum atomic E-state index is -1.09. The number of benzene rings is 1.